The van der Waals surface area contributed by atoms with Gasteiger partial charge in [0.15, 0.2) is 0 Å². The predicted octanol–water partition coefficient (Wildman–Crippen LogP) is 2.23. The Morgan fingerprint density at radius 2 is 1.91 bits per heavy atom. The molecule has 1 amide bonds. The van der Waals surface area contributed by atoms with Crippen molar-refractivity contribution in [2.75, 3.05) is 26.2 Å². The first-order valence-electron chi connectivity index (χ1n) is 10.8. The highest BCUT2D eigenvalue weighted by Crippen LogP contribution is 2.40. The van der Waals surface area contributed by atoms with Crippen LogP contribution in [0.1, 0.15) is 31.4 Å². The number of carbonyl (C=O) groups is 2. The molecule has 1 saturated heterocycles. The van der Waals surface area contributed by atoms with E-state index in [0.29, 0.717) is 18.9 Å². The molecule has 7 heteroatoms. The van der Waals surface area contributed by atoms with Crippen LogP contribution in [0.25, 0.3) is 0 Å². The molecule has 0 aromatic heterocycles. The minimum Gasteiger partial charge on any atom is -0.508 e. The summed E-state index contributed by atoms with van der Waals surface area (Å²) in [7, 11) is 0. The molecule has 1 heterocycles. The maximum absolute atomic E-state index is 12.8. The Morgan fingerprint density at radius 1 is 1.19 bits per heavy atom. The Morgan fingerprint density at radius 3 is 2.53 bits per heavy atom. The predicted molar refractivity (Wildman–Crippen MR) is 124 cm³/mol. The normalized spacial score (nSPS) is 21.9. The van der Waals surface area contributed by atoms with Gasteiger partial charge in [-0.15, -0.1) is 0 Å². The van der Waals surface area contributed by atoms with Crippen molar-refractivity contribution in [3.05, 3.63) is 65.7 Å². The number of piperidine rings is 1. The van der Waals surface area contributed by atoms with Crippen LogP contribution in [0.2, 0.25) is 0 Å². The molecule has 0 unspecified atom stereocenters. The number of benzene rings is 2. The topological polar surface area (TPSA) is 121 Å². The fraction of sp³-hybridized carbons (Fsp3) is 0.440. The van der Waals surface area contributed by atoms with Gasteiger partial charge in [-0.3, -0.25) is 9.59 Å². The fourth-order valence-electron chi connectivity index (χ4n) is 4.53. The molecular formula is C25H34N2O5. The first-order chi connectivity index (χ1) is 14.8. The van der Waals surface area contributed by atoms with E-state index in [9.17, 15) is 14.7 Å². The Hall–Kier alpha value is -2.90. The summed E-state index contributed by atoms with van der Waals surface area (Å²) in [5.41, 5.74) is 2.16. The van der Waals surface area contributed by atoms with E-state index in [0.717, 1.165) is 30.6 Å². The lowest BCUT2D eigenvalue weighted by atomic mass is 9.68. The summed E-state index contributed by atoms with van der Waals surface area (Å²) in [5, 5.41) is 21.4. The number of carboxylic acids is 1. The molecule has 3 atom stereocenters. The van der Waals surface area contributed by atoms with Crippen LogP contribution in [0.15, 0.2) is 54.6 Å². The molecule has 0 aliphatic carbocycles. The van der Waals surface area contributed by atoms with Gasteiger partial charge in [0.25, 0.3) is 0 Å². The van der Waals surface area contributed by atoms with Gasteiger partial charge in [-0.1, -0.05) is 56.3 Å². The van der Waals surface area contributed by atoms with Gasteiger partial charge in [0, 0.05) is 13.1 Å². The molecule has 1 aliphatic heterocycles. The fourth-order valence-corrected chi connectivity index (χ4v) is 4.53. The number of hydrogen-bond acceptors (Lipinski definition) is 4. The highest BCUT2D eigenvalue weighted by atomic mass is 16.4. The van der Waals surface area contributed by atoms with Gasteiger partial charge in [0.1, 0.15) is 12.3 Å². The van der Waals surface area contributed by atoms with Crippen molar-refractivity contribution in [1.29, 1.82) is 0 Å². The largest absolute Gasteiger partial charge is 0.508 e. The SMILES string of the molecule is C[C@@H]1CN(C[C@@H](Cc2ccccc2)C(=O)NCC(=O)O)CC[C@@]1(C)c1cccc(O)c1.O. The van der Waals surface area contributed by atoms with E-state index in [4.69, 9.17) is 5.11 Å². The molecule has 2 aromatic carbocycles. The number of aromatic hydroxyl groups is 1. The summed E-state index contributed by atoms with van der Waals surface area (Å²) in [6.07, 6.45) is 1.49. The second-order valence-electron chi connectivity index (χ2n) is 8.88. The number of hydrogen-bond donors (Lipinski definition) is 3. The van der Waals surface area contributed by atoms with Crippen LogP contribution in [-0.4, -0.2) is 58.6 Å². The number of nitrogens with zero attached hydrogens (tertiary/aromatic N) is 1. The minimum absolute atomic E-state index is 0. The zero-order valence-electron chi connectivity index (χ0n) is 18.8. The van der Waals surface area contributed by atoms with Gasteiger partial charge >= 0.3 is 5.97 Å². The standard InChI is InChI=1S/C25H32N2O4.H2O/c1-18-16-27(12-11-25(18,2)21-9-6-10-22(28)14-21)17-20(24(31)26-15-23(29)30)13-19-7-4-3-5-8-19;/h3-10,14,18,20,28H,11-13,15-17H2,1-2H3,(H,26,31)(H,29,30);1H2/t18-,20-,25-;/m1./s1. The molecule has 7 nitrogen and oxygen atoms in total. The number of rotatable bonds is 8. The Kier molecular flexibility index (Phi) is 8.80. The van der Waals surface area contributed by atoms with E-state index in [-0.39, 0.29) is 35.0 Å². The summed E-state index contributed by atoms with van der Waals surface area (Å²) in [6, 6.07) is 17.3. The molecule has 0 saturated carbocycles. The number of carboxylic acid groups (broad SMARTS) is 1. The van der Waals surface area contributed by atoms with Crippen molar-refractivity contribution in [2.24, 2.45) is 11.8 Å². The van der Waals surface area contributed by atoms with Gasteiger partial charge in [-0.25, -0.2) is 0 Å². The van der Waals surface area contributed by atoms with Gasteiger partial charge in [0.05, 0.1) is 5.92 Å². The maximum Gasteiger partial charge on any atom is 0.322 e. The third kappa shape index (κ3) is 6.31. The summed E-state index contributed by atoms with van der Waals surface area (Å²) < 4.78 is 0. The maximum atomic E-state index is 12.8. The molecule has 0 bridgehead atoms. The Balaban J connectivity index is 0.00000363. The summed E-state index contributed by atoms with van der Waals surface area (Å²) in [4.78, 5) is 26.0. The minimum atomic E-state index is -1.04. The third-order valence-electron chi connectivity index (χ3n) is 6.66. The van der Waals surface area contributed by atoms with Crippen molar-refractivity contribution in [3.63, 3.8) is 0 Å². The van der Waals surface area contributed by atoms with Crippen LogP contribution in [0.3, 0.4) is 0 Å². The first-order valence-corrected chi connectivity index (χ1v) is 10.8. The molecule has 1 fully saturated rings. The van der Waals surface area contributed by atoms with Crippen LogP contribution in [0.5, 0.6) is 5.75 Å². The molecule has 5 N–H and O–H groups in total. The van der Waals surface area contributed by atoms with Crippen LogP contribution in [0.4, 0.5) is 0 Å². The summed E-state index contributed by atoms with van der Waals surface area (Å²) in [5.74, 6) is -0.964. The highest BCUT2D eigenvalue weighted by Gasteiger charge is 2.39. The molecule has 0 radical (unpaired) electrons. The van der Waals surface area contributed by atoms with E-state index in [2.05, 4.69) is 30.1 Å². The zero-order valence-corrected chi connectivity index (χ0v) is 18.8. The second-order valence-corrected chi connectivity index (χ2v) is 8.88. The van der Waals surface area contributed by atoms with Gasteiger partial charge in [-0.2, -0.15) is 0 Å². The van der Waals surface area contributed by atoms with Crippen LogP contribution in [0, 0.1) is 11.8 Å². The van der Waals surface area contributed by atoms with Crippen LogP contribution >= 0.6 is 0 Å². The lowest BCUT2D eigenvalue weighted by Gasteiger charge is -2.45. The summed E-state index contributed by atoms with van der Waals surface area (Å²) in [6.45, 7) is 6.35. The van der Waals surface area contributed by atoms with E-state index in [1.165, 1.54) is 0 Å². The van der Waals surface area contributed by atoms with E-state index < -0.39 is 5.97 Å². The molecule has 0 spiro atoms. The molecule has 3 rings (SSSR count). The van der Waals surface area contributed by atoms with Crippen LogP contribution in [-0.2, 0) is 21.4 Å². The molecule has 174 valence electrons. The number of carbonyl (C=O) groups excluding carboxylic acids is 1. The first kappa shape index (κ1) is 25.4. The molecule has 1 aliphatic rings. The average Bonchev–Trinajstić information content (AvgIpc) is 2.75. The monoisotopic (exact) mass is 442 g/mol. The highest BCUT2D eigenvalue weighted by molar-refractivity contribution is 5.83. The lowest BCUT2D eigenvalue weighted by Crippen LogP contribution is -2.50. The molecule has 32 heavy (non-hydrogen) atoms. The summed E-state index contributed by atoms with van der Waals surface area (Å²) >= 11 is 0. The number of aliphatic carboxylic acids is 1. The van der Waals surface area contributed by atoms with Crippen molar-refractivity contribution in [3.8, 4) is 5.75 Å². The van der Waals surface area contributed by atoms with Crippen molar-refractivity contribution >= 4 is 11.9 Å². The average molecular weight is 443 g/mol. The number of likely N-dealkylation sites (tertiary alicyclic amines) is 1. The van der Waals surface area contributed by atoms with Gasteiger partial charge < -0.3 is 25.9 Å². The van der Waals surface area contributed by atoms with Gasteiger partial charge in [0.2, 0.25) is 5.91 Å². The lowest BCUT2D eigenvalue weighted by molar-refractivity contribution is -0.138. The van der Waals surface area contributed by atoms with Crippen molar-refractivity contribution in [1.82, 2.24) is 10.2 Å². The second kappa shape index (κ2) is 11.1. The molecular weight excluding hydrogens is 408 g/mol. The van der Waals surface area contributed by atoms with E-state index in [1.54, 1.807) is 6.07 Å². The van der Waals surface area contributed by atoms with E-state index in [1.807, 2.05) is 42.5 Å². The smallest absolute Gasteiger partial charge is 0.322 e. The molecule has 2 aromatic rings. The Labute approximate surface area is 189 Å². The van der Waals surface area contributed by atoms with Crippen LogP contribution < -0.4 is 5.32 Å². The number of nitrogens with one attached hydrogen (secondary N) is 1. The number of amides is 1. The van der Waals surface area contributed by atoms with Crippen molar-refractivity contribution < 1.29 is 25.3 Å². The Bertz CT molecular complexity index is 904. The number of phenols is 1. The van der Waals surface area contributed by atoms with E-state index >= 15 is 0 Å². The van der Waals surface area contributed by atoms with Gasteiger partial charge in [-0.05, 0) is 54.0 Å². The third-order valence-corrected chi connectivity index (χ3v) is 6.66. The number of phenolic OH excluding ortho intramolecular Hbond substituents is 1. The quantitative estimate of drug-likeness (QED) is 0.579. The zero-order chi connectivity index (χ0) is 22.4. The van der Waals surface area contributed by atoms with Crippen molar-refractivity contribution in [2.45, 2.75) is 32.1 Å².